The van der Waals surface area contributed by atoms with E-state index in [1.54, 1.807) is 0 Å². The van der Waals surface area contributed by atoms with Gasteiger partial charge in [0.25, 0.3) is 0 Å². The molecule has 0 amide bonds. The predicted molar refractivity (Wildman–Crippen MR) is 94.8 cm³/mol. The molecule has 3 aromatic heterocycles. The number of nitrogens with one attached hydrogen (secondary N) is 1. The van der Waals surface area contributed by atoms with Gasteiger partial charge in [-0.25, -0.2) is 9.67 Å². The van der Waals surface area contributed by atoms with Crippen LogP contribution in [-0.2, 0) is 13.6 Å². The van der Waals surface area contributed by atoms with Crippen molar-refractivity contribution < 1.29 is 0 Å². The summed E-state index contributed by atoms with van der Waals surface area (Å²) < 4.78 is 1.88. The first-order chi connectivity index (χ1) is 11.1. The van der Waals surface area contributed by atoms with Gasteiger partial charge < -0.3 is 4.98 Å². The van der Waals surface area contributed by atoms with Gasteiger partial charge in [-0.3, -0.25) is 4.90 Å². The van der Waals surface area contributed by atoms with Crippen molar-refractivity contribution in [1.29, 1.82) is 0 Å². The van der Waals surface area contributed by atoms with Gasteiger partial charge in [0.1, 0.15) is 5.52 Å². The molecule has 0 spiro atoms. The second-order valence-corrected chi connectivity index (χ2v) is 7.87. The summed E-state index contributed by atoms with van der Waals surface area (Å²) in [4.78, 5) is 13.4. The second-order valence-electron chi connectivity index (χ2n) is 6.70. The summed E-state index contributed by atoms with van der Waals surface area (Å²) in [5.74, 6) is 1.36. The molecule has 3 aromatic rings. The SMILES string of the molecule is CC(C)c1nn(C)c2nc(-c3ccc(CN4CCCC4)s3)[nH]c12. The van der Waals surface area contributed by atoms with Crippen molar-refractivity contribution in [3.63, 3.8) is 0 Å². The normalized spacial score (nSPS) is 16.2. The molecule has 0 unspecified atom stereocenters. The van der Waals surface area contributed by atoms with Gasteiger partial charge in [-0.05, 0) is 44.0 Å². The molecule has 1 N–H and O–H groups in total. The third-order valence-corrected chi connectivity index (χ3v) is 5.60. The average molecular weight is 329 g/mol. The highest BCUT2D eigenvalue weighted by atomic mass is 32.1. The molecule has 0 radical (unpaired) electrons. The molecule has 0 aromatic carbocycles. The minimum Gasteiger partial charge on any atom is -0.334 e. The zero-order valence-electron chi connectivity index (χ0n) is 14.0. The highest BCUT2D eigenvalue weighted by molar-refractivity contribution is 7.15. The second kappa shape index (κ2) is 5.76. The van der Waals surface area contributed by atoms with Crippen LogP contribution in [0.1, 0.15) is 43.2 Å². The minimum atomic E-state index is 0.390. The van der Waals surface area contributed by atoms with Crippen molar-refractivity contribution in [2.75, 3.05) is 13.1 Å². The van der Waals surface area contributed by atoms with Gasteiger partial charge in [-0.2, -0.15) is 5.10 Å². The zero-order chi connectivity index (χ0) is 16.0. The molecule has 0 aliphatic carbocycles. The van der Waals surface area contributed by atoms with Gasteiger partial charge in [-0.15, -0.1) is 11.3 Å². The standard InChI is InChI=1S/C17H23N5S/c1-11(2)14-15-17(21(3)20-14)19-16(18-15)13-7-6-12(23-13)10-22-8-4-5-9-22/h6-7,11H,4-5,8-10H2,1-3H3,(H,18,19). The predicted octanol–water partition coefficient (Wildman–Crippen LogP) is 3.74. The summed E-state index contributed by atoms with van der Waals surface area (Å²) in [6.45, 7) is 7.88. The molecule has 122 valence electrons. The molecular weight excluding hydrogens is 306 g/mol. The van der Waals surface area contributed by atoms with Gasteiger partial charge >= 0.3 is 0 Å². The van der Waals surface area contributed by atoms with E-state index >= 15 is 0 Å². The largest absolute Gasteiger partial charge is 0.334 e. The molecule has 0 atom stereocenters. The Bertz CT molecular complexity index is 819. The Kier molecular flexibility index (Phi) is 3.73. The molecule has 1 aliphatic rings. The molecule has 5 nitrogen and oxygen atoms in total. The lowest BCUT2D eigenvalue weighted by Crippen LogP contribution is -2.17. The van der Waals surface area contributed by atoms with E-state index in [2.05, 4.69) is 41.0 Å². The molecule has 1 saturated heterocycles. The van der Waals surface area contributed by atoms with Crippen LogP contribution in [0, 0.1) is 0 Å². The van der Waals surface area contributed by atoms with Gasteiger partial charge in [0.2, 0.25) is 0 Å². The molecule has 0 saturated carbocycles. The van der Waals surface area contributed by atoms with E-state index in [1.165, 1.54) is 35.7 Å². The van der Waals surface area contributed by atoms with E-state index in [-0.39, 0.29) is 0 Å². The Morgan fingerprint density at radius 3 is 2.78 bits per heavy atom. The Hall–Kier alpha value is -1.66. The summed E-state index contributed by atoms with van der Waals surface area (Å²) >= 11 is 1.85. The van der Waals surface area contributed by atoms with E-state index in [4.69, 9.17) is 4.98 Å². The van der Waals surface area contributed by atoms with Crippen molar-refractivity contribution in [1.82, 2.24) is 24.6 Å². The first-order valence-corrected chi connectivity index (χ1v) is 9.17. The van der Waals surface area contributed by atoms with Gasteiger partial charge in [0.15, 0.2) is 11.5 Å². The lowest BCUT2D eigenvalue weighted by Gasteiger charge is -2.12. The molecular formula is C17H23N5S. The van der Waals surface area contributed by atoms with E-state index < -0.39 is 0 Å². The fourth-order valence-electron chi connectivity index (χ4n) is 3.31. The molecule has 6 heteroatoms. The van der Waals surface area contributed by atoms with Gasteiger partial charge in [0.05, 0.1) is 10.6 Å². The highest BCUT2D eigenvalue weighted by Crippen LogP contribution is 2.31. The van der Waals surface area contributed by atoms with E-state index in [1.807, 2.05) is 23.1 Å². The van der Waals surface area contributed by atoms with Crippen LogP contribution >= 0.6 is 11.3 Å². The number of aromatic amines is 1. The van der Waals surface area contributed by atoms with Crippen molar-refractivity contribution in [2.24, 2.45) is 7.05 Å². The van der Waals surface area contributed by atoms with Crippen LogP contribution in [0.15, 0.2) is 12.1 Å². The van der Waals surface area contributed by atoms with Gasteiger partial charge in [0, 0.05) is 18.5 Å². The summed E-state index contributed by atoms with van der Waals surface area (Å²) in [7, 11) is 1.96. The summed E-state index contributed by atoms with van der Waals surface area (Å²) in [6.07, 6.45) is 2.68. The topological polar surface area (TPSA) is 49.7 Å². The number of nitrogens with zero attached hydrogens (tertiary/aromatic N) is 4. The van der Waals surface area contributed by atoms with Crippen LogP contribution in [0.5, 0.6) is 0 Å². The molecule has 1 fully saturated rings. The number of aromatic nitrogens is 4. The number of H-pyrrole nitrogens is 1. The molecule has 4 rings (SSSR count). The Morgan fingerprint density at radius 2 is 2.04 bits per heavy atom. The van der Waals surface area contributed by atoms with E-state index in [0.717, 1.165) is 29.2 Å². The lowest BCUT2D eigenvalue weighted by molar-refractivity contribution is 0.334. The fourth-order valence-corrected chi connectivity index (χ4v) is 4.30. The highest BCUT2D eigenvalue weighted by Gasteiger charge is 2.18. The van der Waals surface area contributed by atoms with Crippen molar-refractivity contribution in [3.8, 4) is 10.7 Å². The van der Waals surface area contributed by atoms with Crippen LogP contribution in [0.4, 0.5) is 0 Å². The Morgan fingerprint density at radius 1 is 1.26 bits per heavy atom. The molecule has 23 heavy (non-hydrogen) atoms. The maximum absolute atomic E-state index is 4.77. The first-order valence-electron chi connectivity index (χ1n) is 8.36. The molecule has 4 heterocycles. The fraction of sp³-hybridized carbons (Fsp3) is 0.529. The number of imidazole rings is 1. The number of fused-ring (bicyclic) bond motifs is 1. The lowest BCUT2D eigenvalue weighted by atomic mass is 10.1. The average Bonchev–Trinajstić information content (AvgIpc) is 3.25. The smallest absolute Gasteiger partial charge is 0.176 e. The number of hydrogen-bond donors (Lipinski definition) is 1. The van der Waals surface area contributed by atoms with E-state index in [0.29, 0.717) is 5.92 Å². The maximum Gasteiger partial charge on any atom is 0.176 e. The third-order valence-electron chi connectivity index (χ3n) is 4.53. The monoisotopic (exact) mass is 329 g/mol. The zero-order valence-corrected chi connectivity index (χ0v) is 14.8. The van der Waals surface area contributed by atoms with E-state index in [9.17, 15) is 0 Å². The number of aryl methyl sites for hydroxylation is 1. The van der Waals surface area contributed by atoms with Crippen molar-refractivity contribution in [3.05, 3.63) is 22.7 Å². The quantitative estimate of drug-likeness (QED) is 0.793. The summed E-state index contributed by atoms with van der Waals surface area (Å²) in [6, 6.07) is 4.43. The van der Waals surface area contributed by atoms with Crippen LogP contribution < -0.4 is 0 Å². The number of hydrogen-bond acceptors (Lipinski definition) is 4. The van der Waals surface area contributed by atoms with Crippen LogP contribution in [0.2, 0.25) is 0 Å². The number of rotatable bonds is 4. The molecule has 0 bridgehead atoms. The van der Waals surface area contributed by atoms with Crippen molar-refractivity contribution in [2.45, 2.75) is 39.2 Å². The maximum atomic E-state index is 4.77. The van der Waals surface area contributed by atoms with Crippen LogP contribution in [0.25, 0.3) is 21.9 Å². The molecule has 1 aliphatic heterocycles. The number of likely N-dealkylation sites (tertiary alicyclic amines) is 1. The minimum absolute atomic E-state index is 0.390. The van der Waals surface area contributed by atoms with Crippen LogP contribution in [0.3, 0.4) is 0 Å². The summed E-state index contributed by atoms with van der Waals surface area (Å²) in [5, 5.41) is 4.58. The summed E-state index contributed by atoms with van der Waals surface area (Å²) in [5.41, 5.74) is 3.11. The van der Waals surface area contributed by atoms with Crippen LogP contribution in [-0.4, -0.2) is 37.7 Å². The van der Waals surface area contributed by atoms with Gasteiger partial charge in [-0.1, -0.05) is 13.8 Å². The third kappa shape index (κ3) is 2.70. The Labute approximate surface area is 140 Å². The Balaban J connectivity index is 1.64. The van der Waals surface area contributed by atoms with Crippen molar-refractivity contribution >= 4 is 22.5 Å². The first kappa shape index (κ1) is 14.9. The number of thiophene rings is 1.